The number of hydrogen-bond acceptors (Lipinski definition) is 4. The van der Waals surface area contributed by atoms with Crippen molar-refractivity contribution in [2.45, 2.75) is 0 Å². The Kier molecular flexibility index (Phi) is 4.44. The zero-order valence-electron chi connectivity index (χ0n) is 12.7. The molecular formula is C18H13ClN2O3. The molecule has 0 fully saturated rings. The number of aromatic amines is 1. The van der Waals surface area contributed by atoms with E-state index in [1.807, 2.05) is 6.07 Å². The Bertz CT molecular complexity index is 991. The molecule has 3 aromatic rings. The Morgan fingerprint density at radius 2 is 1.88 bits per heavy atom. The predicted molar refractivity (Wildman–Crippen MR) is 93.9 cm³/mol. The van der Waals surface area contributed by atoms with Crippen molar-refractivity contribution in [3.05, 3.63) is 75.8 Å². The summed E-state index contributed by atoms with van der Waals surface area (Å²) >= 11 is 6.28. The van der Waals surface area contributed by atoms with Gasteiger partial charge in [0.25, 0.3) is 5.56 Å². The monoisotopic (exact) mass is 340 g/mol. The van der Waals surface area contributed by atoms with Crippen molar-refractivity contribution in [1.29, 1.82) is 0 Å². The van der Waals surface area contributed by atoms with Gasteiger partial charge in [-0.1, -0.05) is 35.9 Å². The molecule has 24 heavy (non-hydrogen) atoms. The summed E-state index contributed by atoms with van der Waals surface area (Å²) in [6.45, 7) is 0. The molecule has 0 saturated carbocycles. The maximum absolute atomic E-state index is 12.1. The van der Waals surface area contributed by atoms with Crippen molar-refractivity contribution in [2.24, 2.45) is 0 Å². The van der Waals surface area contributed by atoms with E-state index < -0.39 is 5.97 Å². The van der Waals surface area contributed by atoms with Gasteiger partial charge in [0.2, 0.25) is 0 Å². The number of nitrogens with zero attached hydrogens (tertiary/aromatic N) is 1. The molecule has 0 aliphatic carbocycles. The normalized spacial score (nSPS) is 11.5. The third-order valence-electron chi connectivity index (χ3n) is 3.46. The number of ether oxygens (including phenoxy) is 1. The van der Waals surface area contributed by atoms with Crippen molar-refractivity contribution in [2.75, 3.05) is 7.11 Å². The molecule has 3 rings (SSSR count). The van der Waals surface area contributed by atoms with Crippen LogP contribution >= 0.6 is 11.6 Å². The lowest BCUT2D eigenvalue weighted by Gasteiger charge is -2.03. The molecule has 2 aromatic carbocycles. The summed E-state index contributed by atoms with van der Waals surface area (Å²) in [5.74, 6) is -0.116. The van der Waals surface area contributed by atoms with Crippen LogP contribution < -0.4 is 5.56 Å². The number of aromatic nitrogens is 2. The molecule has 1 N–H and O–H groups in total. The number of benzene rings is 2. The van der Waals surface area contributed by atoms with Gasteiger partial charge < -0.3 is 9.72 Å². The predicted octanol–water partition coefficient (Wildman–Crippen LogP) is 3.45. The van der Waals surface area contributed by atoms with Crippen molar-refractivity contribution < 1.29 is 9.53 Å². The van der Waals surface area contributed by atoms with Crippen LogP contribution in [-0.4, -0.2) is 23.0 Å². The molecule has 0 aliphatic heterocycles. The third kappa shape index (κ3) is 3.21. The highest BCUT2D eigenvalue weighted by atomic mass is 35.5. The number of halogens is 1. The molecule has 6 heteroatoms. The second-order valence-corrected chi connectivity index (χ2v) is 5.44. The van der Waals surface area contributed by atoms with Gasteiger partial charge in [-0.2, -0.15) is 0 Å². The maximum atomic E-state index is 12.1. The van der Waals surface area contributed by atoms with Crippen molar-refractivity contribution in [1.82, 2.24) is 9.97 Å². The standard InChI is InChI=1S/C18H13ClN2O3/c1-24-18(23)12-8-6-11(7-9-12)10-14(19)16-20-15-5-3-2-4-13(15)17(22)21-16/h2-10H,1H3,(H,20,21,22)/b14-10-. The minimum Gasteiger partial charge on any atom is -0.465 e. The molecule has 120 valence electrons. The maximum Gasteiger partial charge on any atom is 0.337 e. The van der Waals surface area contributed by atoms with E-state index >= 15 is 0 Å². The van der Waals surface area contributed by atoms with E-state index in [4.69, 9.17) is 11.6 Å². The Hall–Kier alpha value is -2.92. The molecule has 5 nitrogen and oxygen atoms in total. The van der Waals surface area contributed by atoms with E-state index in [0.717, 1.165) is 5.56 Å². The fourth-order valence-corrected chi connectivity index (χ4v) is 2.46. The fraction of sp³-hybridized carbons (Fsp3) is 0.0556. The first-order valence-electron chi connectivity index (χ1n) is 7.13. The number of esters is 1. The SMILES string of the molecule is COC(=O)c1ccc(/C=C(\Cl)c2nc3ccccc3c(=O)[nH]2)cc1. The minimum atomic E-state index is -0.405. The summed E-state index contributed by atoms with van der Waals surface area (Å²) in [5.41, 5.74) is 1.54. The second-order valence-electron chi connectivity index (χ2n) is 5.04. The summed E-state index contributed by atoms with van der Waals surface area (Å²) in [6, 6.07) is 13.8. The molecule has 0 saturated heterocycles. The van der Waals surface area contributed by atoms with E-state index in [9.17, 15) is 9.59 Å². The second kappa shape index (κ2) is 6.68. The van der Waals surface area contributed by atoms with Crippen LogP contribution in [0.1, 0.15) is 21.7 Å². The van der Waals surface area contributed by atoms with E-state index in [2.05, 4.69) is 14.7 Å². The first-order valence-corrected chi connectivity index (χ1v) is 7.51. The topological polar surface area (TPSA) is 72.0 Å². The number of carbonyl (C=O) groups excluding carboxylic acids is 1. The molecule has 0 unspecified atom stereocenters. The highest BCUT2D eigenvalue weighted by molar-refractivity contribution is 6.50. The van der Waals surface area contributed by atoms with E-state index in [1.54, 1.807) is 48.5 Å². The van der Waals surface area contributed by atoms with Gasteiger partial charge in [-0.05, 0) is 35.9 Å². The summed E-state index contributed by atoms with van der Waals surface area (Å²) in [4.78, 5) is 30.5. The smallest absolute Gasteiger partial charge is 0.337 e. The van der Waals surface area contributed by atoms with Crippen LogP contribution in [0.25, 0.3) is 22.0 Å². The van der Waals surface area contributed by atoms with Gasteiger partial charge in [-0.3, -0.25) is 4.79 Å². The van der Waals surface area contributed by atoms with Gasteiger partial charge in [0, 0.05) is 0 Å². The van der Waals surface area contributed by atoms with Gasteiger partial charge in [-0.25, -0.2) is 9.78 Å². The Morgan fingerprint density at radius 3 is 2.58 bits per heavy atom. The summed E-state index contributed by atoms with van der Waals surface area (Å²) in [6.07, 6.45) is 1.66. The highest BCUT2D eigenvalue weighted by Crippen LogP contribution is 2.20. The van der Waals surface area contributed by atoms with Crippen LogP contribution in [0.3, 0.4) is 0 Å². The van der Waals surface area contributed by atoms with Gasteiger partial charge in [0.15, 0.2) is 5.82 Å². The zero-order valence-corrected chi connectivity index (χ0v) is 13.5. The Labute approximate surface area is 142 Å². The van der Waals surface area contributed by atoms with Crippen molar-refractivity contribution >= 4 is 39.6 Å². The van der Waals surface area contributed by atoms with Crippen LogP contribution in [0.4, 0.5) is 0 Å². The van der Waals surface area contributed by atoms with Gasteiger partial charge >= 0.3 is 5.97 Å². The van der Waals surface area contributed by atoms with Gasteiger partial charge in [0.1, 0.15) is 0 Å². The lowest BCUT2D eigenvalue weighted by atomic mass is 10.1. The number of H-pyrrole nitrogens is 1. The number of hydrogen-bond donors (Lipinski definition) is 1. The number of carbonyl (C=O) groups is 1. The third-order valence-corrected chi connectivity index (χ3v) is 3.75. The largest absolute Gasteiger partial charge is 0.465 e. The number of nitrogens with one attached hydrogen (secondary N) is 1. The first-order chi connectivity index (χ1) is 11.6. The van der Waals surface area contributed by atoms with Gasteiger partial charge in [-0.15, -0.1) is 0 Å². The van der Waals surface area contributed by atoms with E-state index in [-0.39, 0.29) is 11.4 Å². The van der Waals surface area contributed by atoms with Crippen LogP contribution in [0, 0.1) is 0 Å². The quantitative estimate of drug-likeness (QED) is 0.741. The highest BCUT2D eigenvalue weighted by Gasteiger charge is 2.07. The van der Waals surface area contributed by atoms with Crippen LogP contribution in [0.15, 0.2) is 53.3 Å². The molecular weight excluding hydrogens is 328 g/mol. The average molecular weight is 341 g/mol. The van der Waals surface area contributed by atoms with Crippen LogP contribution in [-0.2, 0) is 4.74 Å². The number of fused-ring (bicyclic) bond motifs is 1. The zero-order chi connectivity index (χ0) is 17.1. The average Bonchev–Trinajstić information content (AvgIpc) is 2.61. The summed E-state index contributed by atoms with van der Waals surface area (Å²) in [7, 11) is 1.33. The Balaban J connectivity index is 1.96. The molecule has 0 aliphatic rings. The fourth-order valence-electron chi connectivity index (χ4n) is 2.25. The van der Waals surface area contributed by atoms with E-state index in [0.29, 0.717) is 21.5 Å². The number of rotatable bonds is 3. The molecule has 1 aromatic heterocycles. The molecule has 0 spiro atoms. The lowest BCUT2D eigenvalue weighted by Crippen LogP contribution is -2.10. The lowest BCUT2D eigenvalue weighted by molar-refractivity contribution is 0.0600. The first kappa shape index (κ1) is 16.0. The molecule has 0 radical (unpaired) electrons. The number of methoxy groups -OCH3 is 1. The minimum absolute atomic E-state index is 0.247. The van der Waals surface area contributed by atoms with Gasteiger partial charge in [0.05, 0.1) is 28.6 Å². The van der Waals surface area contributed by atoms with Crippen molar-refractivity contribution in [3.8, 4) is 0 Å². The van der Waals surface area contributed by atoms with Crippen LogP contribution in [0.5, 0.6) is 0 Å². The molecule has 1 heterocycles. The van der Waals surface area contributed by atoms with Crippen LogP contribution in [0.2, 0.25) is 0 Å². The summed E-state index contributed by atoms with van der Waals surface area (Å²) < 4.78 is 4.65. The Morgan fingerprint density at radius 1 is 1.17 bits per heavy atom. The molecule has 0 amide bonds. The summed E-state index contributed by atoms with van der Waals surface area (Å²) in [5, 5.41) is 0.803. The molecule has 0 bridgehead atoms. The molecule has 0 atom stereocenters. The van der Waals surface area contributed by atoms with E-state index in [1.165, 1.54) is 7.11 Å². The number of para-hydroxylation sites is 1. The van der Waals surface area contributed by atoms with Crippen molar-refractivity contribution in [3.63, 3.8) is 0 Å².